The monoisotopic (exact) mass is 292 g/mol. The van der Waals surface area contributed by atoms with Crippen molar-refractivity contribution in [3.05, 3.63) is 54.3 Å². The maximum absolute atomic E-state index is 11.7. The van der Waals surface area contributed by atoms with Crippen LogP contribution in [0.25, 0.3) is 11.3 Å². The van der Waals surface area contributed by atoms with Crippen LogP contribution in [0.3, 0.4) is 0 Å². The molecule has 0 saturated heterocycles. The summed E-state index contributed by atoms with van der Waals surface area (Å²) in [4.78, 5) is 0. The van der Waals surface area contributed by atoms with Crippen molar-refractivity contribution in [3.8, 4) is 11.3 Å². The molecule has 0 radical (unpaired) electrons. The quantitative estimate of drug-likeness (QED) is 0.829. The van der Waals surface area contributed by atoms with Gasteiger partial charge in [-0.3, -0.25) is 0 Å². The van der Waals surface area contributed by atoms with Crippen LogP contribution < -0.4 is 4.72 Å². The normalized spacial score (nSPS) is 11.4. The van der Waals surface area contributed by atoms with E-state index in [9.17, 15) is 8.42 Å². The van der Waals surface area contributed by atoms with Crippen LogP contribution in [0.4, 0.5) is 0 Å². The maximum Gasteiger partial charge on any atom is 0.219 e. The molecule has 0 aliphatic heterocycles. The zero-order valence-corrected chi connectivity index (χ0v) is 12.0. The van der Waals surface area contributed by atoms with Gasteiger partial charge in [0.15, 0.2) is 5.76 Å². The van der Waals surface area contributed by atoms with E-state index in [1.807, 2.05) is 31.2 Å². The zero-order valence-electron chi connectivity index (χ0n) is 11.2. The largest absolute Gasteiger partial charge is 0.360 e. The Kier molecular flexibility index (Phi) is 4.36. The van der Waals surface area contributed by atoms with Crippen LogP contribution >= 0.6 is 0 Å². The fourth-order valence-corrected chi connectivity index (χ4v) is 2.65. The molecule has 1 N–H and O–H groups in total. The number of rotatable bonds is 6. The standard InChI is InChI=1S/C14H16N2O3S/c1-3-8-15-20(17,18)10-13-9-14(16-19-13)12-6-4-11(2)5-7-12/h3-7,9,15H,1,8,10H2,2H3. The third-order valence-electron chi connectivity index (χ3n) is 2.69. The van der Waals surface area contributed by atoms with Gasteiger partial charge >= 0.3 is 0 Å². The molecular formula is C14H16N2O3S. The van der Waals surface area contributed by atoms with Gasteiger partial charge in [-0.25, -0.2) is 13.1 Å². The molecule has 1 aromatic heterocycles. The van der Waals surface area contributed by atoms with Crippen molar-refractivity contribution in [3.63, 3.8) is 0 Å². The maximum atomic E-state index is 11.7. The number of nitrogens with one attached hydrogen (secondary N) is 1. The molecule has 2 rings (SSSR count). The summed E-state index contributed by atoms with van der Waals surface area (Å²) in [7, 11) is -3.43. The Hall–Kier alpha value is -1.92. The van der Waals surface area contributed by atoms with Crippen molar-refractivity contribution in [2.24, 2.45) is 0 Å². The molecule has 6 heteroatoms. The third kappa shape index (κ3) is 3.79. The highest BCUT2D eigenvalue weighted by molar-refractivity contribution is 7.88. The predicted molar refractivity (Wildman–Crippen MR) is 77.5 cm³/mol. The number of aromatic nitrogens is 1. The van der Waals surface area contributed by atoms with Crippen LogP contribution in [-0.4, -0.2) is 20.1 Å². The Morgan fingerprint density at radius 2 is 2.05 bits per heavy atom. The Morgan fingerprint density at radius 3 is 2.70 bits per heavy atom. The SMILES string of the molecule is C=CCNS(=O)(=O)Cc1cc(-c2ccc(C)cc2)no1. The lowest BCUT2D eigenvalue weighted by Crippen LogP contribution is -2.24. The summed E-state index contributed by atoms with van der Waals surface area (Å²) in [5.41, 5.74) is 2.66. The summed E-state index contributed by atoms with van der Waals surface area (Å²) < 4.78 is 30.9. The van der Waals surface area contributed by atoms with Crippen molar-refractivity contribution in [1.29, 1.82) is 0 Å². The number of nitrogens with zero attached hydrogens (tertiary/aromatic N) is 1. The Balaban J connectivity index is 2.13. The van der Waals surface area contributed by atoms with Gasteiger partial charge in [0.05, 0.1) is 0 Å². The second-order valence-electron chi connectivity index (χ2n) is 4.44. The van der Waals surface area contributed by atoms with Crippen LogP contribution in [0.1, 0.15) is 11.3 Å². The lowest BCUT2D eigenvalue weighted by atomic mass is 10.1. The van der Waals surface area contributed by atoms with Gasteiger partial charge in [-0.1, -0.05) is 41.1 Å². The first-order valence-corrected chi connectivity index (χ1v) is 7.76. The predicted octanol–water partition coefficient (Wildman–Crippen LogP) is 2.26. The number of hydrogen-bond acceptors (Lipinski definition) is 4. The van der Waals surface area contributed by atoms with Gasteiger partial charge in [0, 0.05) is 18.2 Å². The molecule has 1 heterocycles. The molecule has 0 fully saturated rings. The van der Waals surface area contributed by atoms with Gasteiger partial charge in [-0.2, -0.15) is 0 Å². The first-order chi connectivity index (χ1) is 9.50. The van der Waals surface area contributed by atoms with Crippen LogP contribution in [0.2, 0.25) is 0 Å². The van der Waals surface area contributed by atoms with E-state index in [-0.39, 0.29) is 12.3 Å². The van der Waals surface area contributed by atoms with Gasteiger partial charge < -0.3 is 4.52 Å². The highest BCUT2D eigenvalue weighted by Crippen LogP contribution is 2.20. The Bertz CT molecular complexity index is 687. The van der Waals surface area contributed by atoms with Gasteiger partial charge in [-0.05, 0) is 6.92 Å². The van der Waals surface area contributed by atoms with Gasteiger partial charge in [-0.15, -0.1) is 6.58 Å². The molecule has 0 saturated carbocycles. The van der Waals surface area contributed by atoms with Crippen LogP contribution in [0.5, 0.6) is 0 Å². The van der Waals surface area contributed by atoms with Gasteiger partial charge in [0.25, 0.3) is 0 Å². The summed E-state index contributed by atoms with van der Waals surface area (Å²) in [6.45, 7) is 5.65. The first-order valence-electron chi connectivity index (χ1n) is 6.11. The molecule has 0 unspecified atom stereocenters. The number of benzene rings is 1. The Morgan fingerprint density at radius 1 is 1.35 bits per heavy atom. The van der Waals surface area contributed by atoms with E-state index < -0.39 is 10.0 Å². The molecule has 5 nitrogen and oxygen atoms in total. The van der Waals surface area contributed by atoms with Crippen molar-refractivity contribution >= 4 is 10.0 Å². The van der Waals surface area contributed by atoms with E-state index in [2.05, 4.69) is 16.5 Å². The van der Waals surface area contributed by atoms with E-state index >= 15 is 0 Å². The lowest BCUT2D eigenvalue weighted by molar-refractivity contribution is 0.394. The molecule has 2 aromatic rings. The van der Waals surface area contributed by atoms with Crippen molar-refractivity contribution in [2.45, 2.75) is 12.7 Å². The molecule has 1 aromatic carbocycles. The highest BCUT2D eigenvalue weighted by atomic mass is 32.2. The van der Waals surface area contributed by atoms with Crippen molar-refractivity contribution in [1.82, 2.24) is 9.88 Å². The smallest absolute Gasteiger partial charge is 0.219 e. The zero-order chi connectivity index (χ0) is 14.6. The molecule has 0 atom stereocenters. The molecule has 0 bridgehead atoms. The van der Waals surface area contributed by atoms with Gasteiger partial charge in [0.2, 0.25) is 10.0 Å². The second kappa shape index (κ2) is 6.02. The molecule has 0 spiro atoms. The van der Waals surface area contributed by atoms with E-state index in [0.29, 0.717) is 11.5 Å². The number of sulfonamides is 1. The second-order valence-corrected chi connectivity index (χ2v) is 6.25. The molecule has 106 valence electrons. The fraction of sp³-hybridized carbons (Fsp3) is 0.214. The van der Waals surface area contributed by atoms with E-state index in [1.165, 1.54) is 6.08 Å². The van der Waals surface area contributed by atoms with Crippen LogP contribution in [0, 0.1) is 6.92 Å². The lowest BCUT2D eigenvalue weighted by Gasteiger charge is -2.00. The van der Waals surface area contributed by atoms with E-state index in [1.54, 1.807) is 6.07 Å². The highest BCUT2D eigenvalue weighted by Gasteiger charge is 2.15. The summed E-state index contributed by atoms with van der Waals surface area (Å²) >= 11 is 0. The third-order valence-corrected chi connectivity index (χ3v) is 3.96. The number of aryl methyl sites for hydroxylation is 1. The van der Waals surface area contributed by atoms with Gasteiger partial charge in [0.1, 0.15) is 11.4 Å². The molecular weight excluding hydrogens is 276 g/mol. The minimum atomic E-state index is -3.43. The Labute approximate surface area is 118 Å². The minimum Gasteiger partial charge on any atom is -0.360 e. The minimum absolute atomic E-state index is 0.196. The molecule has 0 amide bonds. The van der Waals surface area contributed by atoms with Crippen molar-refractivity contribution in [2.75, 3.05) is 6.54 Å². The van der Waals surface area contributed by atoms with Crippen LogP contribution in [-0.2, 0) is 15.8 Å². The van der Waals surface area contributed by atoms with Crippen molar-refractivity contribution < 1.29 is 12.9 Å². The molecule has 0 aliphatic rings. The summed E-state index contributed by atoms with van der Waals surface area (Å²) in [6.07, 6.45) is 1.48. The van der Waals surface area contributed by atoms with E-state index in [4.69, 9.17) is 4.52 Å². The summed E-state index contributed by atoms with van der Waals surface area (Å²) in [5.74, 6) is 0.0665. The number of hydrogen-bond donors (Lipinski definition) is 1. The van der Waals surface area contributed by atoms with E-state index in [0.717, 1.165) is 11.1 Å². The first kappa shape index (κ1) is 14.5. The molecule has 20 heavy (non-hydrogen) atoms. The van der Waals surface area contributed by atoms with Crippen LogP contribution in [0.15, 0.2) is 47.5 Å². The topological polar surface area (TPSA) is 72.2 Å². The summed E-state index contributed by atoms with van der Waals surface area (Å²) in [5, 5.41) is 3.89. The average molecular weight is 292 g/mol. The summed E-state index contributed by atoms with van der Waals surface area (Å²) in [6, 6.07) is 9.40. The molecule has 0 aliphatic carbocycles. The average Bonchev–Trinajstić information content (AvgIpc) is 2.85. The fourth-order valence-electron chi connectivity index (χ4n) is 1.67.